The average Bonchev–Trinajstić information content (AvgIpc) is 3.28. The first-order valence-electron chi connectivity index (χ1n) is 12.6. The zero-order chi connectivity index (χ0) is 28.1. The standard InChI is InChI=1S/C29H31ClN4O5/c1-18(2)9-8-14-39-26-13-7-4-10-19(26)17-33(3)28(37)21-15-20(24(35)16-25(21)36)27-31-32-29(38)34(27)23-12-6-5-11-22(23)30/h4-7,10-13,15-16,18,35-36H,8-9,14,17H2,1-3H3,(H,32,38). The zero-order valence-corrected chi connectivity index (χ0v) is 22.8. The van der Waals surface area contributed by atoms with E-state index in [0.29, 0.717) is 29.0 Å². The predicted molar refractivity (Wildman–Crippen MR) is 150 cm³/mol. The van der Waals surface area contributed by atoms with Gasteiger partial charge in [0.15, 0.2) is 5.82 Å². The molecule has 39 heavy (non-hydrogen) atoms. The Morgan fingerprint density at radius 2 is 1.82 bits per heavy atom. The van der Waals surface area contributed by atoms with E-state index in [9.17, 15) is 19.8 Å². The maximum atomic E-state index is 13.5. The smallest absolute Gasteiger partial charge is 0.348 e. The van der Waals surface area contributed by atoms with Crippen molar-refractivity contribution in [3.05, 3.63) is 87.3 Å². The Balaban J connectivity index is 1.62. The number of hydrogen-bond acceptors (Lipinski definition) is 6. The number of phenols is 2. The van der Waals surface area contributed by atoms with E-state index in [1.54, 1.807) is 31.3 Å². The molecule has 204 valence electrons. The number of aromatic amines is 1. The molecule has 4 aromatic rings. The van der Waals surface area contributed by atoms with Crippen LogP contribution < -0.4 is 10.4 Å². The van der Waals surface area contributed by atoms with Crippen LogP contribution in [0.2, 0.25) is 5.02 Å². The number of nitrogens with zero attached hydrogens (tertiary/aromatic N) is 3. The molecule has 0 bridgehead atoms. The molecule has 9 nitrogen and oxygen atoms in total. The Kier molecular flexibility index (Phi) is 8.61. The fourth-order valence-corrected chi connectivity index (χ4v) is 4.46. The Morgan fingerprint density at radius 1 is 1.10 bits per heavy atom. The van der Waals surface area contributed by atoms with E-state index in [1.807, 2.05) is 24.3 Å². The third-order valence-corrected chi connectivity index (χ3v) is 6.58. The van der Waals surface area contributed by atoms with Crippen molar-refractivity contribution in [2.45, 2.75) is 33.2 Å². The van der Waals surface area contributed by atoms with E-state index in [1.165, 1.54) is 15.5 Å². The number of aromatic nitrogens is 3. The highest BCUT2D eigenvalue weighted by Gasteiger charge is 2.24. The fourth-order valence-electron chi connectivity index (χ4n) is 4.24. The quantitative estimate of drug-likeness (QED) is 0.228. The maximum absolute atomic E-state index is 13.5. The molecule has 0 atom stereocenters. The lowest BCUT2D eigenvalue weighted by Crippen LogP contribution is -2.26. The second-order valence-electron chi connectivity index (χ2n) is 9.68. The molecular weight excluding hydrogens is 520 g/mol. The second-order valence-corrected chi connectivity index (χ2v) is 10.1. The lowest BCUT2D eigenvalue weighted by Gasteiger charge is -2.21. The van der Waals surface area contributed by atoms with Gasteiger partial charge < -0.3 is 19.8 Å². The van der Waals surface area contributed by atoms with Gasteiger partial charge in [0.25, 0.3) is 5.91 Å². The van der Waals surface area contributed by atoms with Crippen molar-refractivity contribution in [2.24, 2.45) is 5.92 Å². The molecule has 0 radical (unpaired) electrons. The molecule has 0 spiro atoms. The van der Waals surface area contributed by atoms with Gasteiger partial charge in [-0.25, -0.2) is 14.5 Å². The van der Waals surface area contributed by atoms with Crippen LogP contribution >= 0.6 is 11.6 Å². The van der Waals surface area contributed by atoms with Crippen LogP contribution in [0.3, 0.4) is 0 Å². The summed E-state index contributed by atoms with van der Waals surface area (Å²) < 4.78 is 7.18. The molecule has 0 aliphatic rings. The first-order chi connectivity index (χ1) is 18.7. The normalized spacial score (nSPS) is 11.1. The minimum absolute atomic E-state index is 0.0300. The zero-order valence-electron chi connectivity index (χ0n) is 22.0. The van der Waals surface area contributed by atoms with Gasteiger partial charge in [0, 0.05) is 25.2 Å². The Hall–Kier alpha value is -4.24. The Morgan fingerprint density at radius 3 is 2.56 bits per heavy atom. The van der Waals surface area contributed by atoms with Gasteiger partial charge in [0.1, 0.15) is 17.2 Å². The Bertz CT molecular complexity index is 1530. The van der Waals surface area contributed by atoms with Crippen LogP contribution in [0.25, 0.3) is 17.1 Å². The molecule has 0 saturated heterocycles. The molecule has 0 unspecified atom stereocenters. The number of hydrogen-bond donors (Lipinski definition) is 3. The SMILES string of the molecule is CC(C)CCCOc1ccccc1CN(C)C(=O)c1cc(-c2n[nH]c(=O)n2-c2ccccc2Cl)c(O)cc1O. The summed E-state index contributed by atoms with van der Waals surface area (Å²) in [5, 5.41) is 27.9. The third kappa shape index (κ3) is 6.26. The van der Waals surface area contributed by atoms with Crippen molar-refractivity contribution < 1.29 is 19.7 Å². The summed E-state index contributed by atoms with van der Waals surface area (Å²) >= 11 is 6.30. The number of rotatable bonds is 10. The fraction of sp³-hybridized carbons (Fsp3) is 0.276. The van der Waals surface area contributed by atoms with Crippen LogP contribution in [0.4, 0.5) is 0 Å². The summed E-state index contributed by atoms with van der Waals surface area (Å²) in [5.41, 5.74) is 0.575. The van der Waals surface area contributed by atoms with Crippen molar-refractivity contribution in [2.75, 3.05) is 13.7 Å². The maximum Gasteiger partial charge on any atom is 0.348 e. The van der Waals surface area contributed by atoms with E-state index >= 15 is 0 Å². The number of nitrogens with one attached hydrogen (secondary N) is 1. The number of halogens is 1. The van der Waals surface area contributed by atoms with E-state index in [2.05, 4.69) is 24.0 Å². The first kappa shape index (κ1) is 27.8. The number of amides is 1. The van der Waals surface area contributed by atoms with Crippen LogP contribution in [-0.4, -0.2) is 49.4 Å². The van der Waals surface area contributed by atoms with Crippen LogP contribution in [0.5, 0.6) is 17.2 Å². The van der Waals surface area contributed by atoms with Crippen molar-refractivity contribution >= 4 is 17.5 Å². The number of carbonyl (C=O) groups excluding carboxylic acids is 1. The highest BCUT2D eigenvalue weighted by molar-refractivity contribution is 6.32. The van der Waals surface area contributed by atoms with Crippen molar-refractivity contribution in [3.8, 4) is 34.3 Å². The van der Waals surface area contributed by atoms with Gasteiger partial charge >= 0.3 is 5.69 Å². The number of H-pyrrole nitrogens is 1. The van der Waals surface area contributed by atoms with Gasteiger partial charge in [-0.3, -0.25) is 4.79 Å². The van der Waals surface area contributed by atoms with Gasteiger partial charge in [0.05, 0.1) is 28.4 Å². The summed E-state index contributed by atoms with van der Waals surface area (Å²) in [7, 11) is 1.61. The van der Waals surface area contributed by atoms with Crippen LogP contribution in [-0.2, 0) is 6.54 Å². The highest BCUT2D eigenvalue weighted by atomic mass is 35.5. The van der Waals surface area contributed by atoms with Gasteiger partial charge in [-0.2, -0.15) is 5.10 Å². The molecule has 3 aromatic carbocycles. The third-order valence-electron chi connectivity index (χ3n) is 6.26. The topological polar surface area (TPSA) is 121 Å². The lowest BCUT2D eigenvalue weighted by atomic mass is 10.1. The summed E-state index contributed by atoms with van der Waals surface area (Å²) in [6.07, 6.45) is 1.99. The van der Waals surface area contributed by atoms with Crippen LogP contribution in [0.15, 0.2) is 65.5 Å². The molecule has 0 saturated carbocycles. The summed E-state index contributed by atoms with van der Waals surface area (Å²) in [4.78, 5) is 27.5. The molecule has 3 N–H and O–H groups in total. The number of phenolic OH excluding ortho intramolecular Hbond substituents is 2. The minimum Gasteiger partial charge on any atom is -0.507 e. The van der Waals surface area contributed by atoms with Crippen LogP contribution in [0.1, 0.15) is 42.6 Å². The molecule has 1 aromatic heterocycles. The molecular formula is C29H31ClN4O5. The number of aromatic hydroxyl groups is 2. The van der Waals surface area contributed by atoms with Crippen molar-refractivity contribution in [3.63, 3.8) is 0 Å². The number of para-hydroxylation sites is 2. The van der Waals surface area contributed by atoms with Crippen LogP contribution in [0, 0.1) is 5.92 Å². The van der Waals surface area contributed by atoms with E-state index < -0.39 is 17.3 Å². The molecule has 4 rings (SSSR count). The lowest BCUT2D eigenvalue weighted by molar-refractivity contribution is 0.0781. The average molecular weight is 551 g/mol. The van der Waals surface area contributed by atoms with E-state index in [-0.39, 0.29) is 29.2 Å². The summed E-state index contributed by atoms with van der Waals surface area (Å²) in [5.74, 6) is 0.0498. The predicted octanol–water partition coefficient (Wildman–Crippen LogP) is 5.38. The second kappa shape index (κ2) is 12.1. The van der Waals surface area contributed by atoms with Crippen molar-refractivity contribution in [1.29, 1.82) is 0 Å². The minimum atomic E-state index is -0.583. The molecule has 0 aliphatic carbocycles. The van der Waals surface area contributed by atoms with Gasteiger partial charge in [-0.05, 0) is 43.0 Å². The highest BCUT2D eigenvalue weighted by Crippen LogP contribution is 2.36. The summed E-state index contributed by atoms with van der Waals surface area (Å²) in [6.45, 7) is 5.13. The molecule has 0 aliphatic heterocycles. The Labute approximate surface area is 231 Å². The number of carbonyl (C=O) groups is 1. The molecule has 1 amide bonds. The monoisotopic (exact) mass is 550 g/mol. The number of ether oxygens (including phenoxy) is 1. The van der Waals surface area contributed by atoms with Gasteiger partial charge in [-0.1, -0.05) is 55.8 Å². The first-order valence-corrected chi connectivity index (χ1v) is 13.0. The van der Waals surface area contributed by atoms with Gasteiger partial charge in [-0.15, -0.1) is 0 Å². The number of benzene rings is 3. The largest absolute Gasteiger partial charge is 0.507 e. The summed E-state index contributed by atoms with van der Waals surface area (Å²) in [6, 6.07) is 16.5. The molecule has 1 heterocycles. The molecule has 10 heteroatoms. The van der Waals surface area contributed by atoms with E-state index in [0.717, 1.165) is 24.5 Å². The van der Waals surface area contributed by atoms with Gasteiger partial charge in [0.2, 0.25) is 0 Å². The van der Waals surface area contributed by atoms with E-state index in [4.69, 9.17) is 16.3 Å². The molecule has 0 fully saturated rings. The van der Waals surface area contributed by atoms with Crippen molar-refractivity contribution in [1.82, 2.24) is 19.7 Å².